The van der Waals surface area contributed by atoms with E-state index in [0.717, 1.165) is 0 Å². The van der Waals surface area contributed by atoms with Gasteiger partial charge in [-0.05, 0) is 36.5 Å². The summed E-state index contributed by atoms with van der Waals surface area (Å²) in [6, 6.07) is 3.02. The number of methoxy groups -OCH3 is 1. The highest BCUT2D eigenvalue weighted by Crippen LogP contribution is 2.50. The first-order chi connectivity index (χ1) is 11.6. The lowest BCUT2D eigenvalue weighted by Crippen LogP contribution is -2.71. The Morgan fingerprint density at radius 2 is 1.96 bits per heavy atom. The van der Waals surface area contributed by atoms with Crippen LogP contribution in [0.25, 0.3) is 0 Å². The molecule has 0 saturated carbocycles. The molecule has 3 unspecified atom stereocenters. The summed E-state index contributed by atoms with van der Waals surface area (Å²) in [6.07, 6.45) is -0.270. The van der Waals surface area contributed by atoms with Crippen LogP contribution in [0.3, 0.4) is 0 Å². The third-order valence-electron chi connectivity index (χ3n) is 5.47. The van der Waals surface area contributed by atoms with Crippen molar-refractivity contribution in [1.82, 2.24) is 4.90 Å². The molecule has 140 valence electrons. The number of ether oxygens (including phenoxy) is 1. The van der Waals surface area contributed by atoms with Crippen molar-refractivity contribution >= 4 is 0 Å². The minimum absolute atomic E-state index is 0.0356. The van der Waals surface area contributed by atoms with Gasteiger partial charge in [-0.15, -0.1) is 0 Å². The van der Waals surface area contributed by atoms with Crippen molar-refractivity contribution in [1.29, 1.82) is 0 Å². The second-order valence-corrected chi connectivity index (χ2v) is 7.59. The summed E-state index contributed by atoms with van der Waals surface area (Å²) in [4.78, 5) is 1.25. The van der Waals surface area contributed by atoms with Crippen LogP contribution >= 0.6 is 0 Å². The maximum Gasteiger partial charge on any atom is 0.233 e. The number of aliphatic hydroxyl groups excluding tert-OH is 1. The standard InChI is InChI=1S/C18H27NO6/c1-10(2)6-13-15(21)9-17(22)12-8-16(25-3)14(20)7-11(12)4-5-19(17)18(13,23)24/h7-8,10,13,15,20-24H,4-6,9H2,1-3H3. The van der Waals surface area contributed by atoms with Crippen molar-refractivity contribution in [2.24, 2.45) is 11.8 Å². The Bertz CT molecular complexity index is 661. The lowest BCUT2D eigenvalue weighted by molar-refractivity contribution is -0.396. The quantitative estimate of drug-likeness (QED) is 0.502. The number of hydrogen-bond donors (Lipinski definition) is 5. The number of aliphatic hydroxyl groups is 4. The van der Waals surface area contributed by atoms with Crippen LogP contribution in [0.2, 0.25) is 0 Å². The van der Waals surface area contributed by atoms with Crippen molar-refractivity contribution < 1.29 is 30.3 Å². The predicted molar refractivity (Wildman–Crippen MR) is 89.7 cm³/mol. The van der Waals surface area contributed by atoms with Gasteiger partial charge in [0.1, 0.15) is 0 Å². The average Bonchev–Trinajstić information content (AvgIpc) is 2.50. The summed E-state index contributed by atoms with van der Waals surface area (Å²) < 4.78 is 5.12. The number of nitrogens with zero attached hydrogens (tertiary/aromatic N) is 1. The molecule has 3 atom stereocenters. The molecular formula is C18H27NO6. The van der Waals surface area contributed by atoms with Crippen LogP contribution < -0.4 is 4.74 Å². The smallest absolute Gasteiger partial charge is 0.233 e. The molecule has 2 aliphatic rings. The Balaban J connectivity index is 2.07. The predicted octanol–water partition coefficient (Wildman–Crippen LogP) is 0.469. The number of piperidine rings is 1. The minimum Gasteiger partial charge on any atom is -0.504 e. The second kappa shape index (κ2) is 6.10. The van der Waals surface area contributed by atoms with Gasteiger partial charge in [-0.25, -0.2) is 4.90 Å². The highest BCUT2D eigenvalue weighted by atomic mass is 16.5. The van der Waals surface area contributed by atoms with E-state index in [1.54, 1.807) is 0 Å². The number of phenolic OH excluding ortho intramolecular Hbond substituents is 1. The molecule has 5 N–H and O–H groups in total. The van der Waals surface area contributed by atoms with E-state index in [1.807, 2.05) is 13.8 Å². The first-order valence-electron chi connectivity index (χ1n) is 8.64. The van der Waals surface area contributed by atoms with Crippen LogP contribution in [0.5, 0.6) is 11.5 Å². The van der Waals surface area contributed by atoms with Crippen LogP contribution in [-0.4, -0.2) is 56.1 Å². The molecule has 0 amide bonds. The van der Waals surface area contributed by atoms with Crippen molar-refractivity contribution in [2.75, 3.05) is 13.7 Å². The number of phenols is 1. The van der Waals surface area contributed by atoms with E-state index < -0.39 is 23.7 Å². The summed E-state index contributed by atoms with van der Waals surface area (Å²) in [5.41, 5.74) is -0.629. The fourth-order valence-electron chi connectivity index (χ4n) is 4.29. The number of aromatic hydroxyl groups is 1. The molecule has 0 aliphatic carbocycles. The summed E-state index contributed by atoms with van der Waals surface area (Å²) in [6.45, 7) is 4.09. The van der Waals surface area contributed by atoms with Crippen molar-refractivity contribution in [2.45, 2.75) is 50.8 Å². The Hall–Kier alpha value is -1.38. The number of fused-ring (bicyclic) bond motifs is 3. The summed E-state index contributed by atoms with van der Waals surface area (Å²) in [7, 11) is 1.41. The van der Waals surface area contributed by atoms with Crippen molar-refractivity contribution in [3.63, 3.8) is 0 Å². The zero-order valence-electron chi connectivity index (χ0n) is 14.8. The SMILES string of the molecule is COc1cc2c(cc1O)CCN1C2(O)CC(O)C(CC(C)C)C1(O)O. The van der Waals surface area contributed by atoms with Gasteiger partial charge in [0.25, 0.3) is 0 Å². The highest BCUT2D eigenvalue weighted by Gasteiger charge is 2.60. The maximum absolute atomic E-state index is 11.3. The normalized spacial score (nSPS) is 31.5. The van der Waals surface area contributed by atoms with E-state index in [-0.39, 0.29) is 30.4 Å². The lowest BCUT2D eigenvalue weighted by atomic mass is 9.74. The zero-order valence-corrected chi connectivity index (χ0v) is 14.8. The monoisotopic (exact) mass is 353 g/mol. The molecule has 0 bridgehead atoms. The second-order valence-electron chi connectivity index (χ2n) is 7.59. The summed E-state index contributed by atoms with van der Waals surface area (Å²) >= 11 is 0. The Morgan fingerprint density at radius 3 is 2.56 bits per heavy atom. The van der Waals surface area contributed by atoms with Gasteiger partial charge in [0.2, 0.25) is 5.91 Å². The first kappa shape index (κ1) is 18.4. The fourth-order valence-corrected chi connectivity index (χ4v) is 4.29. The Labute approximate surface area is 147 Å². The number of benzene rings is 1. The zero-order chi connectivity index (χ0) is 18.6. The van der Waals surface area contributed by atoms with Crippen molar-refractivity contribution in [3.8, 4) is 11.5 Å². The van der Waals surface area contributed by atoms with Crippen LogP contribution in [0.1, 0.15) is 37.8 Å². The topological polar surface area (TPSA) is 114 Å². The van der Waals surface area contributed by atoms with Crippen molar-refractivity contribution in [3.05, 3.63) is 23.3 Å². The van der Waals surface area contributed by atoms with Gasteiger partial charge in [0.05, 0.1) is 19.1 Å². The maximum atomic E-state index is 11.3. The first-order valence-corrected chi connectivity index (χ1v) is 8.64. The van der Waals surface area contributed by atoms with Gasteiger partial charge in [-0.1, -0.05) is 13.8 Å². The molecule has 0 spiro atoms. The third kappa shape index (κ3) is 2.80. The molecule has 25 heavy (non-hydrogen) atoms. The molecule has 1 fully saturated rings. The van der Waals surface area contributed by atoms with Crippen LogP contribution in [0, 0.1) is 11.8 Å². The summed E-state index contributed by atoms with van der Waals surface area (Å²) in [5.74, 6) is -2.80. The van der Waals surface area contributed by atoms with Gasteiger partial charge >= 0.3 is 0 Å². The molecule has 7 heteroatoms. The van der Waals surface area contributed by atoms with E-state index in [2.05, 4.69) is 0 Å². The van der Waals surface area contributed by atoms with Gasteiger partial charge in [-0.3, -0.25) is 0 Å². The summed E-state index contributed by atoms with van der Waals surface area (Å²) in [5, 5.41) is 53.5. The molecule has 0 aromatic heterocycles. The molecular weight excluding hydrogens is 326 g/mol. The number of rotatable bonds is 3. The third-order valence-corrected chi connectivity index (χ3v) is 5.47. The molecule has 1 saturated heterocycles. The van der Waals surface area contributed by atoms with Gasteiger partial charge < -0.3 is 30.3 Å². The van der Waals surface area contributed by atoms with Crippen LogP contribution in [0.4, 0.5) is 0 Å². The van der Waals surface area contributed by atoms with Gasteiger partial charge in [0, 0.05) is 18.5 Å². The molecule has 1 aromatic rings. The van der Waals surface area contributed by atoms with Crippen LogP contribution in [0.15, 0.2) is 12.1 Å². The Morgan fingerprint density at radius 1 is 1.28 bits per heavy atom. The molecule has 0 radical (unpaired) electrons. The van der Waals surface area contributed by atoms with E-state index in [1.165, 1.54) is 24.1 Å². The lowest BCUT2D eigenvalue weighted by Gasteiger charge is -2.57. The molecule has 7 nitrogen and oxygen atoms in total. The highest BCUT2D eigenvalue weighted by molar-refractivity contribution is 5.49. The Kier molecular flexibility index (Phi) is 4.50. The molecule has 2 heterocycles. The van der Waals surface area contributed by atoms with E-state index in [4.69, 9.17) is 4.74 Å². The molecule has 1 aromatic carbocycles. The van der Waals surface area contributed by atoms with Crippen LogP contribution in [-0.2, 0) is 12.1 Å². The average molecular weight is 353 g/mol. The largest absolute Gasteiger partial charge is 0.504 e. The molecule has 3 rings (SSSR count). The van der Waals surface area contributed by atoms with Gasteiger partial charge in [-0.2, -0.15) is 0 Å². The van der Waals surface area contributed by atoms with Gasteiger partial charge in [0.15, 0.2) is 17.2 Å². The van der Waals surface area contributed by atoms with E-state index >= 15 is 0 Å². The number of hydrogen-bond acceptors (Lipinski definition) is 7. The fraction of sp³-hybridized carbons (Fsp3) is 0.667. The van der Waals surface area contributed by atoms with E-state index in [9.17, 15) is 25.5 Å². The minimum atomic E-state index is -2.33. The van der Waals surface area contributed by atoms with E-state index in [0.29, 0.717) is 24.0 Å². The molecule has 2 aliphatic heterocycles.